The lowest BCUT2D eigenvalue weighted by Crippen LogP contribution is -2.40. The fraction of sp³-hybridized carbons (Fsp3) is 0.542. The Morgan fingerprint density at radius 2 is 1.86 bits per heavy atom. The monoisotopic (exact) mass is 499 g/mol. The van der Waals surface area contributed by atoms with Gasteiger partial charge in [-0.1, -0.05) is 33.3 Å². The molecule has 0 radical (unpaired) electrons. The van der Waals surface area contributed by atoms with Gasteiger partial charge in [-0.3, -0.25) is 13.9 Å². The van der Waals surface area contributed by atoms with E-state index < -0.39 is 23.4 Å². The van der Waals surface area contributed by atoms with Gasteiger partial charge in [-0.15, -0.1) is 13.2 Å². The summed E-state index contributed by atoms with van der Waals surface area (Å²) in [6.45, 7) is 7.33. The fourth-order valence-electron chi connectivity index (χ4n) is 3.69. The number of hydrogen-bond donors (Lipinski definition) is 1. The second kappa shape index (κ2) is 12.1. The lowest BCUT2D eigenvalue weighted by Gasteiger charge is -2.23. The number of benzene rings is 1. The van der Waals surface area contributed by atoms with Crippen molar-refractivity contribution in [2.75, 3.05) is 6.61 Å². The number of aliphatic hydroxyl groups excluding tert-OH is 1. The number of rotatable bonds is 10. The zero-order chi connectivity index (χ0) is 26.3. The van der Waals surface area contributed by atoms with Crippen molar-refractivity contribution in [3.8, 4) is 11.5 Å². The van der Waals surface area contributed by atoms with E-state index in [4.69, 9.17) is 9.84 Å². The Bertz CT molecular complexity index is 1120. The molecule has 0 aliphatic heterocycles. The van der Waals surface area contributed by atoms with E-state index in [0.717, 1.165) is 23.1 Å². The molecular formula is C24H32F3N3O5. The van der Waals surface area contributed by atoms with E-state index >= 15 is 0 Å². The highest BCUT2D eigenvalue weighted by molar-refractivity contribution is 5.84. The first-order valence-corrected chi connectivity index (χ1v) is 11.4. The van der Waals surface area contributed by atoms with Crippen molar-refractivity contribution in [1.82, 2.24) is 9.13 Å². The minimum absolute atomic E-state index is 0.0468. The van der Waals surface area contributed by atoms with Crippen molar-refractivity contribution in [2.24, 2.45) is 23.9 Å². The molecule has 0 saturated carbocycles. The molecule has 0 fully saturated rings. The van der Waals surface area contributed by atoms with Gasteiger partial charge >= 0.3 is 12.1 Å². The highest BCUT2D eigenvalue weighted by atomic mass is 19.4. The normalized spacial score (nSPS) is 13.3. The molecule has 1 aromatic carbocycles. The molecule has 0 amide bonds. The first-order valence-electron chi connectivity index (χ1n) is 11.4. The van der Waals surface area contributed by atoms with E-state index in [-0.39, 0.29) is 54.4 Å². The SMILES string of the molecule is CCCC(/C(=N\c1c(C)c(=O)n(CCCO)c(=O)n1C)Oc1cccc(OC(F)(F)F)c1)C(C)C. The maximum absolute atomic E-state index is 12.9. The molecule has 1 heterocycles. The van der Waals surface area contributed by atoms with Crippen LogP contribution in [0.3, 0.4) is 0 Å². The highest BCUT2D eigenvalue weighted by Gasteiger charge is 2.31. The molecular weight excluding hydrogens is 467 g/mol. The number of ether oxygens (including phenoxy) is 2. The van der Waals surface area contributed by atoms with Gasteiger partial charge in [0, 0.05) is 32.2 Å². The largest absolute Gasteiger partial charge is 0.573 e. The molecule has 1 unspecified atom stereocenters. The molecule has 0 saturated heterocycles. The molecule has 2 rings (SSSR count). The third-order valence-electron chi connectivity index (χ3n) is 5.48. The van der Waals surface area contributed by atoms with Crippen LogP contribution in [0.15, 0.2) is 38.8 Å². The quantitative estimate of drug-likeness (QED) is 0.388. The first kappa shape index (κ1) is 28.2. The van der Waals surface area contributed by atoms with Gasteiger partial charge in [0.2, 0.25) is 0 Å². The van der Waals surface area contributed by atoms with Gasteiger partial charge in [0.15, 0.2) is 5.90 Å². The number of aliphatic imine (C=N–C) groups is 1. The van der Waals surface area contributed by atoms with Gasteiger partial charge in [-0.05, 0) is 37.8 Å². The minimum atomic E-state index is -4.85. The summed E-state index contributed by atoms with van der Waals surface area (Å²) >= 11 is 0. The summed E-state index contributed by atoms with van der Waals surface area (Å²) < 4.78 is 50.2. The summed E-state index contributed by atoms with van der Waals surface area (Å²) in [6.07, 6.45) is -3.17. The van der Waals surface area contributed by atoms with Gasteiger partial charge in [0.25, 0.3) is 5.56 Å². The Labute approximate surface area is 201 Å². The van der Waals surface area contributed by atoms with Crippen LogP contribution in [0.4, 0.5) is 19.0 Å². The summed E-state index contributed by atoms with van der Waals surface area (Å²) in [5.74, 6) is -0.285. The molecule has 0 bridgehead atoms. The zero-order valence-corrected chi connectivity index (χ0v) is 20.6. The number of alkyl halides is 3. The summed E-state index contributed by atoms with van der Waals surface area (Å²) in [7, 11) is 1.47. The average molecular weight is 500 g/mol. The second-order valence-electron chi connectivity index (χ2n) is 8.54. The van der Waals surface area contributed by atoms with Crippen LogP contribution in [-0.2, 0) is 13.6 Å². The summed E-state index contributed by atoms with van der Waals surface area (Å²) in [6, 6.07) is 5.09. The van der Waals surface area contributed by atoms with E-state index in [1.807, 2.05) is 20.8 Å². The number of hydrogen-bond acceptors (Lipinski definition) is 6. The van der Waals surface area contributed by atoms with E-state index in [1.165, 1.54) is 30.7 Å². The number of aromatic nitrogens is 2. The molecule has 0 aliphatic rings. The van der Waals surface area contributed by atoms with Crippen LogP contribution in [0.5, 0.6) is 11.5 Å². The number of nitrogens with zero attached hydrogens (tertiary/aromatic N) is 3. The lowest BCUT2D eigenvalue weighted by atomic mass is 9.91. The van der Waals surface area contributed by atoms with Crippen LogP contribution >= 0.6 is 0 Å². The van der Waals surface area contributed by atoms with Crippen molar-refractivity contribution in [3.63, 3.8) is 0 Å². The standard InChI is InChI=1S/C24H32F3N3O5/c1-6-9-19(15(2)3)21(34-17-10-7-11-18(14-17)35-24(25,26)27)28-20-16(4)22(32)30(12-8-13-31)23(33)29(20)5/h7,10-11,14-15,19,31H,6,8-9,12-13H2,1-5H3/b28-21+. The summed E-state index contributed by atoms with van der Waals surface area (Å²) in [5, 5.41) is 9.07. The van der Waals surface area contributed by atoms with E-state index in [9.17, 15) is 22.8 Å². The van der Waals surface area contributed by atoms with Gasteiger partial charge in [-0.2, -0.15) is 4.99 Å². The molecule has 0 spiro atoms. The Kier molecular flexibility index (Phi) is 9.70. The molecule has 2 aromatic rings. The Hall–Kier alpha value is -3.08. The van der Waals surface area contributed by atoms with E-state index in [0.29, 0.717) is 6.42 Å². The van der Waals surface area contributed by atoms with Crippen LogP contribution in [0.2, 0.25) is 0 Å². The highest BCUT2D eigenvalue weighted by Crippen LogP contribution is 2.29. The average Bonchev–Trinajstić information content (AvgIpc) is 2.77. The molecule has 1 atom stereocenters. The third kappa shape index (κ3) is 7.45. The Morgan fingerprint density at radius 3 is 2.43 bits per heavy atom. The third-order valence-corrected chi connectivity index (χ3v) is 5.48. The van der Waals surface area contributed by atoms with Crippen LogP contribution in [0.25, 0.3) is 0 Å². The van der Waals surface area contributed by atoms with E-state index in [2.05, 4.69) is 9.73 Å². The van der Waals surface area contributed by atoms with Crippen molar-refractivity contribution in [1.29, 1.82) is 0 Å². The van der Waals surface area contributed by atoms with Crippen molar-refractivity contribution >= 4 is 11.7 Å². The van der Waals surface area contributed by atoms with Crippen LogP contribution in [-0.4, -0.2) is 33.1 Å². The molecule has 1 aromatic heterocycles. The topological polar surface area (TPSA) is 95.1 Å². The molecule has 11 heteroatoms. The predicted molar refractivity (Wildman–Crippen MR) is 126 cm³/mol. The summed E-state index contributed by atoms with van der Waals surface area (Å²) in [5.41, 5.74) is -0.916. The number of aliphatic hydroxyl groups is 1. The molecule has 8 nitrogen and oxygen atoms in total. The molecule has 35 heavy (non-hydrogen) atoms. The Morgan fingerprint density at radius 1 is 1.20 bits per heavy atom. The molecule has 1 N–H and O–H groups in total. The zero-order valence-electron chi connectivity index (χ0n) is 20.6. The lowest BCUT2D eigenvalue weighted by molar-refractivity contribution is -0.274. The first-order chi connectivity index (χ1) is 16.4. The maximum atomic E-state index is 12.9. The van der Waals surface area contributed by atoms with Gasteiger partial charge in [-0.25, -0.2) is 4.79 Å². The smallest absolute Gasteiger partial charge is 0.442 e. The van der Waals surface area contributed by atoms with Crippen LogP contribution in [0, 0.1) is 18.8 Å². The molecule has 194 valence electrons. The van der Waals surface area contributed by atoms with Gasteiger partial charge < -0.3 is 14.6 Å². The summed E-state index contributed by atoms with van der Waals surface area (Å²) in [4.78, 5) is 30.2. The van der Waals surface area contributed by atoms with Crippen molar-refractivity contribution in [2.45, 2.75) is 59.9 Å². The van der Waals surface area contributed by atoms with Gasteiger partial charge in [0.1, 0.15) is 17.3 Å². The Balaban J connectivity index is 2.64. The fourth-order valence-corrected chi connectivity index (χ4v) is 3.69. The maximum Gasteiger partial charge on any atom is 0.573 e. The van der Waals surface area contributed by atoms with Crippen molar-refractivity contribution in [3.05, 3.63) is 50.7 Å². The predicted octanol–water partition coefficient (Wildman–Crippen LogP) is 4.32. The second-order valence-corrected chi connectivity index (χ2v) is 8.54. The van der Waals surface area contributed by atoms with Gasteiger partial charge in [0.05, 0.1) is 5.56 Å². The minimum Gasteiger partial charge on any atom is -0.442 e. The van der Waals surface area contributed by atoms with Crippen LogP contribution in [0.1, 0.15) is 45.6 Å². The number of halogens is 3. The van der Waals surface area contributed by atoms with E-state index in [1.54, 1.807) is 0 Å². The molecule has 0 aliphatic carbocycles. The van der Waals surface area contributed by atoms with Crippen molar-refractivity contribution < 1.29 is 27.8 Å². The van der Waals surface area contributed by atoms with Crippen LogP contribution < -0.4 is 20.7 Å².